The van der Waals surface area contributed by atoms with Crippen LogP contribution >= 0.6 is 0 Å². The van der Waals surface area contributed by atoms with Crippen LogP contribution in [0.3, 0.4) is 0 Å². The number of likely N-dealkylation sites (N-methyl/N-ethyl adjacent to an activating group) is 1. The minimum Gasteiger partial charge on any atom is -0.480 e. The zero-order chi connectivity index (χ0) is 13.5. The molecule has 0 amide bonds. The van der Waals surface area contributed by atoms with Gasteiger partial charge >= 0.3 is 5.97 Å². The van der Waals surface area contributed by atoms with E-state index in [2.05, 4.69) is 22.2 Å². The number of carboxylic acid groups (broad SMARTS) is 1. The Morgan fingerprint density at radius 1 is 1.56 bits per heavy atom. The highest BCUT2D eigenvalue weighted by molar-refractivity contribution is 5.73. The third-order valence-electron chi connectivity index (χ3n) is 2.33. The van der Waals surface area contributed by atoms with Crippen molar-refractivity contribution in [2.75, 3.05) is 36.1 Å². The molecule has 0 unspecified atom stereocenters. The Balaban J connectivity index is 2.76. The van der Waals surface area contributed by atoms with E-state index in [0.29, 0.717) is 11.6 Å². The average molecular weight is 253 g/mol. The highest BCUT2D eigenvalue weighted by atomic mass is 16.4. The minimum absolute atomic E-state index is 0.128. The van der Waals surface area contributed by atoms with E-state index >= 15 is 0 Å². The number of hydrogen-bond acceptors (Lipinski definition) is 6. The van der Waals surface area contributed by atoms with Gasteiger partial charge in [0, 0.05) is 19.7 Å². The van der Waals surface area contributed by atoms with E-state index in [-0.39, 0.29) is 12.5 Å². The molecule has 0 aliphatic carbocycles. The molecule has 1 aromatic heterocycles. The smallest absolute Gasteiger partial charge is 0.323 e. The summed E-state index contributed by atoms with van der Waals surface area (Å²) in [7, 11) is 1.64. The minimum atomic E-state index is -0.921. The summed E-state index contributed by atoms with van der Waals surface area (Å²) in [6.07, 6.45) is 2.11. The number of aliphatic carboxylic acids is 1. The quantitative estimate of drug-likeness (QED) is 0.617. The monoisotopic (exact) mass is 253 g/mol. The number of hydrogen-bond donors (Lipinski definition) is 3. The topological polar surface area (TPSA) is 104 Å². The Kier molecular flexibility index (Phi) is 5.16. The Hall–Kier alpha value is -2.05. The first-order valence-corrected chi connectivity index (χ1v) is 5.84. The van der Waals surface area contributed by atoms with Crippen molar-refractivity contribution < 1.29 is 9.90 Å². The Bertz CT molecular complexity index is 410. The summed E-state index contributed by atoms with van der Waals surface area (Å²) < 4.78 is 0. The molecule has 0 radical (unpaired) electrons. The van der Waals surface area contributed by atoms with Gasteiger partial charge in [-0.25, -0.2) is 0 Å². The summed E-state index contributed by atoms with van der Waals surface area (Å²) in [5.41, 5.74) is 5.60. The van der Waals surface area contributed by atoms with Gasteiger partial charge < -0.3 is 21.1 Å². The zero-order valence-electron chi connectivity index (χ0n) is 10.7. The van der Waals surface area contributed by atoms with E-state index in [0.717, 1.165) is 19.4 Å². The molecule has 0 bridgehead atoms. The van der Waals surface area contributed by atoms with Crippen LogP contribution in [0.5, 0.6) is 0 Å². The normalized spacial score (nSPS) is 10.1. The molecule has 7 heteroatoms. The molecule has 0 fully saturated rings. The van der Waals surface area contributed by atoms with Crippen LogP contribution in [0.25, 0.3) is 0 Å². The van der Waals surface area contributed by atoms with E-state index in [1.807, 2.05) is 0 Å². The maximum Gasteiger partial charge on any atom is 0.323 e. The summed E-state index contributed by atoms with van der Waals surface area (Å²) in [4.78, 5) is 20.2. The van der Waals surface area contributed by atoms with Crippen molar-refractivity contribution in [1.29, 1.82) is 0 Å². The van der Waals surface area contributed by atoms with Crippen LogP contribution in [0.2, 0.25) is 0 Å². The first-order chi connectivity index (χ1) is 8.52. The molecule has 1 heterocycles. The van der Waals surface area contributed by atoms with Gasteiger partial charge in [0.2, 0.25) is 5.95 Å². The molecule has 4 N–H and O–H groups in total. The van der Waals surface area contributed by atoms with E-state index in [1.54, 1.807) is 13.1 Å². The highest BCUT2D eigenvalue weighted by Gasteiger charge is 2.09. The summed E-state index contributed by atoms with van der Waals surface area (Å²) in [5, 5.41) is 11.9. The molecule has 100 valence electrons. The van der Waals surface area contributed by atoms with Gasteiger partial charge in [-0.15, -0.1) is 0 Å². The van der Waals surface area contributed by atoms with Gasteiger partial charge in [0.1, 0.15) is 18.2 Å². The van der Waals surface area contributed by atoms with Crippen molar-refractivity contribution in [3.05, 3.63) is 6.07 Å². The van der Waals surface area contributed by atoms with Gasteiger partial charge in [-0.05, 0) is 6.42 Å². The first-order valence-electron chi connectivity index (χ1n) is 5.84. The van der Waals surface area contributed by atoms with Crippen molar-refractivity contribution in [2.45, 2.75) is 19.8 Å². The van der Waals surface area contributed by atoms with Crippen molar-refractivity contribution in [1.82, 2.24) is 9.97 Å². The van der Waals surface area contributed by atoms with Crippen LogP contribution in [0.4, 0.5) is 17.6 Å². The zero-order valence-corrected chi connectivity index (χ0v) is 10.7. The predicted molar refractivity (Wildman–Crippen MR) is 70.7 cm³/mol. The summed E-state index contributed by atoms with van der Waals surface area (Å²) >= 11 is 0. The number of nitrogen functional groups attached to an aromatic ring is 1. The first kappa shape index (κ1) is 14.0. The van der Waals surface area contributed by atoms with Crippen molar-refractivity contribution >= 4 is 23.6 Å². The molecule has 1 rings (SSSR count). The molecule has 7 nitrogen and oxygen atoms in total. The van der Waals surface area contributed by atoms with Gasteiger partial charge in [0.05, 0.1) is 0 Å². The van der Waals surface area contributed by atoms with Gasteiger partial charge in [-0.3, -0.25) is 4.79 Å². The van der Waals surface area contributed by atoms with Crippen molar-refractivity contribution in [3.8, 4) is 0 Å². The molecule has 0 spiro atoms. The lowest BCUT2D eigenvalue weighted by Gasteiger charge is -2.16. The van der Waals surface area contributed by atoms with Crippen LogP contribution in [-0.2, 0) is 4.79 Å². The number of nitrogens with one attached hydrogen (secondary N) is 1. The number of aromatic nitrogens is 2. The third-order valence-corrected chi connectivity index (χ3v) is 2.33. The highest BCUT2D eigenvalue weighted by Crippen LogP contribution is 2.15. The maximum atomic E-state index is 10.6. The Morgan fingerprint density at radius 3 is 2.89 bits per heavy atom. The standard InChI is InChI=1S/C11H19N5O2/c1-3-4-5-13-8-6-9(15-11(12)14-8)16(2)7-10(17)18/h6H,3-5,7H2,1-2H3,(H,17,18)(H3,12,13,14,15). The fourth-order valence-corrected chi connectivity index (χ4v) is 1.42. The number of nitrogens with zero attached hydrogens (tertiary/aromatic N) is 3. The van der Waals surface area contributed by atoms with Gasteiger partial charge in [-0.2, -0.15) is 9.97 Å². The molecular weight excluding hydrogens is 234 g/mol. The van der Waals surface area contributed by atoms with Crippen LogP contribution in [0.15, 0.2) is 6.07 Å². The number of anilines is 3. The lowest BCUT2D eigenvalue weighted by Crippen LogP contribution is -2.26. The van der Waals surface area contributed by atoms with Crippen LogP contribution in [0.1, 0.15) is 19.8 Å². The van der Waals surface area contributed by atoms with Gasteiger partial charge in [0.15, 0.2) is 0 Å². The second-order valence-electron chi connectivity index (χ2n) is 4.00. The lowest BCUT2D eigenvalue weighted by molar-refractivity contribution is -0.135. The predicted octanol–water partition coefficient (Wildman–Crippen LogP) is 0.792. The maximum absolute atomic E-state index is 10.6. The molecule has 0 aliphatic rings. The molecule has 0 aliphatic heterocycles. The van der Waals surface area contributed by atoms with Crippen molar-refractivity contribution in [3.63, 3.8) is 0 Å². The SMILES string of the molecule is CCCCNc1cc(N(C)CC(=O)O)nc(N)n1. The molecule has 18 heavy (non-hydrogen) atoms. The number of nitrogens with two attached hydrogens (primary N) is 1. The average Bonchev–Trinajstić information content (AvgIpc) is 2.27. The molecular formula is C11H19N5O2. The lowest BCUT2D eigenvalue weighted by atomic mass is 10.3. The van der Waals surface area contributed by atoms with Gasteiger partial charge in [0.25, 0.3) is 0 Å². The molecule has 0 atom stereocenters. The summed E-state index contributed by atoms with van der Waals surface area (Å²) in [5.74, 6) is 0.311. The summed E-state index contributed by atoms with van der Waals surface area (Å²) in [6, 6.07) is 1.69. The van der Waals surface area contributed by atoms with E-state index in [1.165, 1.54) is 4.90 Å². The molecule has 0 aromatic carbocycles. The molecule has 1 aromatic rings. The Morgan fingerprint density at radius 2 is 2.28 bits per heavy atom. The number of carboxylic acids is 1. The van der Waals surface area contributed by atoms with E-state index in [4.69, 9.17) is 10.8 Å². The van der Waals surface area contributed by atoms with E-state index in [9.17, 15) is 4.79 Å². The second kappa shape index (κ2) is 6.63. The van der Waals surface area contributed by atoms with Crippen LogP contribution in [0, 0.1) is 0 Å². The Labute approximate surface area is 106 Å². The van der Waals surface area contributed by atoms with Crippen molar-refractivity contribution in [2.24, 2.45) is 0 Å². The molecule has 0 saturated heterocycles. The van der Waals surface area contributed by atoms with Crippen LogP contribution in [-0.4, -0.2) is 41.2 Å². The van der Waals surface area contributed by atoms with E-state index < -0.39 is 5.97 Å². The number of rotatable bonds is 7. The summed E-state index contributed by atoms with van der Waals surface area (Å²) in [6.45, 7) is 2.77. The third kappa shape index (κ3) is 4.44. The fourth-order valence-electron chi connectivity index (χ4n) is 1.42. The fraction of sp³-hybridized carbons (Fsp3) is 0.545. The second-order valence-corrected chi connectivity index (χ2v) is 4.00. The largest absolute Gasteiger partial charge is 0.480 e. The number of unbranched alkanes of at least 4 members (excludes halogenated alkanes) is 1. The molecule has 0 saturated carbocycles. The van der Waals surface area contributed by atoms with Gasteiger partial charge in [-0.1, -0.05) is 13.3 Å². The number of carbonyl (C=O) groups is 1. The van der Waals surface area contributed by atoms with Crippen LogP contribution < -0.4 is 16.0 Å².